The fourth-order valence-corrected chi connectivity index (χ4v) is 0.516. The fraction of sp³-hybridized carbons (Fsp3) is 0.667. The Kier molecular flexibility index (Phi) is 11.3. The van der Waals surface area contributed by atoms with Crippen molar-refractivity contribution in [1.82, 2.24) is 5.32 Å². The molecule has 1 atom stereocenters. The summed E-state index contributed by atoms with van der Waals surface area (Å²) >= 11 is 0. The quantitative estimate of drug-likeness (QED) is 0.359. The van der Waals surface area contributed by atoms with Crippen LogP contribution in [0, 0.1) is 0 Å². The predicted octanol–water partition coefficient (Wildman–Crippen LogP) is -1.06. The molecule has 8 heteroatoms. The molecule has 6 N–H and O–H groups in total. The topological polar surface area (TPSA) is 150 Å². The predicted molar refractivity (Wildman–Crippen MR) is 58.7 cm³/mol. The van der Waals surface area contributed by atoms with E-state index in [1.165, 1.54) is 6.92 Å². The average Bonchev–Trinajstić information content (AvgIpc) is 2.17. The summed E-state index contributed by atoms with van der Waals surface area (Å²) in [7, 11) is 0. The summed E-state index contributed by atoms with van der Waals surface area (Å²) in [4.78, 5) is 29.5. The minimum absolute atomic E-state index is 0.0274. The monoisotopic (exact) mass is 250 g/mol. The molecule has 0 aromatic heterocycles. The minimum Gasteiger partial charge on any atom is -0.481 e. The number of rotatable bonds is 7. The van der Waals surface area contributed by atoms with Crippen molar-refractivity contribution in [3.05, 3.63) is 0 Å². The van der Waals surface area contributed by atoms with Gasteiger partial charge in [-0.1, -0.05) is 0 Å². The molecule has 0 heterocycles. The van der Waals surface area contributed by atoms with Gasteiger partial charge in [-0.3, -0.25) is 14.4 Å². The van der Waals surface area contributed by atoms with Crippen LogP contribution in [0.1, 0.15) is 19.8 Å². The van der Waals surface area contributed by atoms with Crippen molar-refractivity contribution in [2.24, 2.45) is 5.73 Å². The van der Waals surface area contributed by atoms with Crippen LogP contribution in [0.15, 0.2) is 0 Å². The highest BCUT2D eigenvalue weighted by Gasteiger charge is 1.99. The Balaban J connectivity index is 0. The van der Waals surface area contributed by atoms with E-state index in [0.717, 1.165) is 0 Å². The largest absolute Gasteiger partial charge is 0.481 e. The summed E-state index contributed by atoms with van der Waals surface area (Å²) in [6, 6.07) is -0.731. The van der Waals surface area contributed by atoms with E-state index in [0.29, 0.717) is 13.1 Å². The maximum Gasteiger partial charge on any atom is 0.320 e. The number of carboxylic acids is 3. The van der Waals surface area contributed by atoms with Crippen LogP contribution in [-0.4, -0.2) is 52.4 Å². The number of carbonyl (C=O) groups is 3. The van der Waals surface area contributed by atoms with Crippen LogP contribution in [-0.2, 0) is 14.4 Å². The Morgan fingerprint density at radius 3 is 1.53 bits per heavy atom. The summed E-state index contributed by atoms with van der Waals surface area (Å²) in [5, 5.41) is 26.9. The van der Waals surface area contributed by atoms with Crippen molar-refractivity contribution in [2.75, 3.05) is 13.1 Å². The van der Waals surface area contributed by atoms with Crippen molar-refractivity contribution >= 4 is 17.9 Å². The third-order valence-electron chi connectivity index (χ3n) is 1.42. The van der Waals surface area contributed by atoms with Gasteiger partial charge >= 0.3 is 17.9 Å². The van der Waals surface area contributed by atoms with Gasteiger partial charge in [0.25, 0.3) is 0 Å². The molecule has 0 fully saturated rings. The van der Waals surface area contributed by atoms with Crippen molar-refractivity contribution in [1.29, 1.82) is 0 Å². The van der Waals surface area contributed by atoms with Gasteiger partial charge in [-0.25, -0.2) is 0 Å². The molecule has 0 unspecified atom stereocenters. The second-order valence-corrected chi connectivity index (χ2v) is 3.16. The standard InChI is InChI=1S/C6H11NO4.C3H7NO2/c8-5(9)1-3-7-4-2-6(10)11;1-2(4)3(5)6/h7H,1-4H2,(H,8,9)(H,10,11);2H,4H2,1H3,(H,5,6)/t;2-/m.0/s1. The normalized spacial score (nSPS) is 10.9. The summed E-state index contributed by atoms with van der Waals surface area (Å²) in [6.45, 7) is 2.06. The van der Waals surface area contributed by atoms with Crippen LogP contribution in [0.25, 0.3) is 0 Å². The van der Waals surface area contributed by atoms with Crippen molar-refractivity contribution < 1.29 is 29.7 Å². The van der Waals surface area contributed by atoms with Crippen LogP contribution in [0.5, 0.6) is 0 Å². The summed E-state index contributed by atoms with van der Waals surface area (Å²) in [5.74, 6) is -2.73. The molecule has 0 bridgehead atoms. The Morgan fingerprint density at radius 2 is 1.35 bits per heavy atom. The summed E-state index contributed by atoms with van der Waals surface area (Å²) in [5.41, 5.74) is 4.84. The fourth-order valence-electron chi connectivity index (χ4n) is 0.516. The maximum atomic E-state index is 9.94. The number of carboxylic acid groups (broad SMARTS) is 3. The Labute approximate surface area is 98.4 Å². The highest BCUT2D eigenvalue weighted by Crippen LogP contribution is 1.78. The lowest BCUT2D eigenvalue weighted by molar-refractivity contribution is -0.138. The lowest BCUT2D eigenvalue weighted by Gasteiger charge is -1.98. The third kappa shape index (κ3) is 20.4. The van der Waals surface area contributed by atoms with Gasteiger partial charge in [-0.2, -0.15) is 0 Å². The zero-order valence-electron chi connectivity index (χ0n) is 9.55. The number of hydrogen-bond donors (Lipinski definition) is 5. The van der Waals surface area contributed by atoms with Gasteiger partial charge in [0, 0.05) is 13.1 Å². The van der Waals surface area contributed by atoms with E-state index in [1.54, 1.807) is 0 Å². The van der Waals surface area contributed by atoms with E-state index < -0.39 is 23.9 Å². The number of nitrogens with two attached hydrogens (primary N) is 1. The first-order chi connectivity index (χ1) is 7.77. The van der Waals surface area contributed by atoms with Gasteiger partial charge < -0.3 is 26.4 Å². The second kappa shape index (κ2) is 10.8. The molecule has 17 heavy (non-hydrogen) atoms. The first-order valence-corrected chi connectivity index (χ1v) is 4.90. The average molecular weight is 250 g/mol. The van der Waals surface area contributed by atoms with E-state index in [9.17, 15) is 14.4 Å². The van der Waals surface area contributed by atoms with Gasteiger partial charge in [0.2, 0.25) is 0 Å². The SMILES string of the molecule is C[C@H](N)C(=O)O.O=C(O)CCNCCC(=O)O. The minimum atomic E-state index is -0.963. The molecule has 100 valence electrons. The number of aliphatic carboxylic acids is 3. The highest BCUT2D eigenvalue weighted by atomic mass is 16.4. The summed E-state index contributed by atoms with van der Waals surface area (Å²) in [6.07, 6.45) is 0.0548. The molecule has 0 radical (unpaired) electrons. The molecule has 0 aliphatic heterocycles. The van der Waals surface area contributed by atoms with E-state index in [4.69, 9.17) is 21.1 Å². The molecule has 0 aliphatic carbocycles. The van der Waals surface area contributed by atoms with Crippen LogP contribution >= 0.6 is 0 Å². The van der Waals surface area contributed by atoms with Gasteiger partial charge in [-0.15, -0.1) is 0 Å². The van der Waals surface area contributed by atoms with Gasteiger partial charge in [0.15, 0.2) is 0 Å². The lowest BCUT2D eigenvalue weighted by Crippen LogP contribution is -2.25. The van der Waals surface area contributed by atoms with Crippen LogP contribution in [0.4, 0.5) is 0 Å². The van der Waals surface area contributed by atoms with Crippen LogP contribution in [0.3, 0.4) is 0 Å². The van der Waals surface area contributed by atoms with E-state index in [2.05, 4.69) is 5.32 Å². The number of nitrogens with one attached hydrogen (secondary N) is 1. The first-order valence-electron chi connectivity index (χ1n) is 4.90. The number of hydrogen-bond acceptors (Lipinski definition) is 5. The second-order valence-electron chi connectivity index (χ2n) is 3.16. The van der Waals surface area contributed by atoms with E-state index >= 15 is 0 Å². The molecule has 0 aliphatic rings. The first kappa shape index (κ1) is 17.7. The highest BCUT2D eigenvalue weighted by molar-refractivity contribution is 5.72. The molecule has 0 amide bonds. The Morgan fingerprint density at radius 1 is 1.06 bits per heavy atom. The van der Waals surface area contributed by atoms with Crippen molar-refractivity contribution in [3.8, 4) is 0 Å². The molecule has 8 nitrogen and oxygen atoms in total. The zero-order valence-corrected chi connectivity index (χ0v) is 9.55. The molecule has 0 aromatic rings. The van der Waals surface area contributed by atoms with Gasteiger partial charge in [0.1, 0.15) is 6.04 Å². The van der Waals surface area contributed by atoms with Crippen molar-refractivity contribution in [3.63, 3.8) is 0 Å². The third-order valence-corrected chi connectivity index (χ3v) is 1.42. The smallest absolute Gasteiger partial charge is 0.320 e. The Bertz CT molecular complexity index is 238. The molecular formula is C9H18N2O6. The van der Waals surface area contributed by atoms with E-state index in [-0.39, 0.29) is 12.8 Å². The van der Waals surface area contributed by atoms with Crippen LogP contribution in [0.2, 0.25) is 0 Å². The molecule has 0 saturated heterocycles. The maximum absolute atomic E-state index is 9.94. The van der Waals surface area contributed by atoms with Gasteiger partial charge in [0.05, 0.1) is 12.8 Å². The van der Waals surface area contributed by atoms with Crippen LogP contribution < -0.4 is 11.1 Å². The molecular weight excluding hydrogens is 232 g/mol. The van der Waals surface area contributed by atoms with E-state index in [1.807, 2.05) is 0 Å². The Hall–Kier alpha value is -1.67. The zero-order chi connectivity index (χ0) is 13.8. The van der Waals surface area contributed by atoms with Crippen molar-refractivity contribution in [2.45, 2.75) is 25.8 Å². The molecule has 0 aromatic carbocycles. The van der Waals surface area contributed by atoms with Gasteiger partial charge in [-0.05, 0) is 6.92 Å². The molecule has 0 spiro atoms. The lowest BCUT2D eigenvalue weighted by atomic mass is 10.4. The molecule has 0 saturated carbocycles. The summed E-state index contributed by atoms with van der Waals surface area (Å²) < 4.78 is 0. The molecule has 0 rings (SSSR count).